The molecule has 2 aromatic carbocycles. The third-order valence-corrected chi connectivity index (χ3v) is 3.65. The van der Waals surface area contributed by atoms with Gasteiger partial charge in [-0.05, 0) is 37.1 Å². The number of hydrogen-bond acceptors (Lipinski definition) is 3. The number of carbonyl (C=O) groups is 2. The molecule has 0 aromatic heterocycles. The zero-order chi connectivity index (χ0) is 17.5. The Bertz CT molecular complexity index is 710. The van der Waals surface area contributed by atoms with Crippen LogP contribution in [0.1, 0.15) is 40.9 Å². The van der Waals surface area contributed by atoms with Gasteiger partial charge in [-0.25, -0.2) is 4.79 Å². The summed E-state index contributed by atoms with van der Waals surface area (Å²) in [5.74, 6) is -0.924. The molecule has 1 amide bonds. The van der Waals surface area contributed by atoms with Crippen LogP contribution in [-0.4, -0.2) is 23.6 Å². The first-order valence-corrected chi connectivity index (χ1v) is 7.81. The van der Waals surface area contributed by atoms with Gasteiger partial charge in [0.1, 0.15) is 5.75 Å². The van der Waals surface area contributed by atoms with Crippen LogP contribution in [0.15, 0.2) is 48.5 Å². The molecule has 0 saturated carbocycles. The Kier molecular flexibility index (Phi) is 5.95. The summed E-state index contributed by atoms with van der Waals surface area (Å²) in [7, 11) is 0. The van der Waals surface area contributed by atoms with E-state index in [0.717, 1.165) is 12.0 Å². The SMILES string of the molecule is CCC(NC(=O)c1cccc(OCC(=O)O)c1)c1ccc(C)cc1. The average molecular weight is 327 g/mol. The van der Waals surface area contributed by atoms with Crippen LogP contribution in [0.3, 0.4) is 0 Å². The van der Waals surface area contributed by atoms with Crippen LogP contribution in [-0.2, 0) is 4.79 Å². The Hall–Kier alpha value is -2.82. The van der Waals surface area contributed by atoms with E-state index in [1.807, 2.05) is 38.1 Å². The van der Waals surface area contributed by atoms with Gasteiger partial charge in [0.25, 0.3) is 5.91 Å². The highest BCUT2D eigenvalue weighted by Gasteiger charge is 2.14. The van der Waals surface area contributed by atoms with Gasteiger partial charge in [0, 0.05) is 5.56 Å². The van der Waals surface area contributed by atoms with Crippen LogP contribution < -0.4 is 10.1 Å². The fraction of sp³-hybridized carbons (Fsp3) is 0.263. The van der Waals surface area contributed by atoms with Crippen molar-refractivity contribution < 1.29 is 19.4 Å². The Balaban J connectivity index is 2.08. The van der Waals surface area contributed by atoms with Crippen LogP contribution in [0.2, 0.25) is 0 Å². The molecule has 0 radical (unpaired) electrons. The standard InChI is InChI=1S/C19H21NO4/c1-3-17(14-9-7-13(2)8-10-14)20-19(23)15-5-4-6-16(11-15)24-12-18(21)22/h4-11,17H,3,12H2,1-2H3,(H,20,23)(H,21,22). The van der Waals surface area contributed by atoms with E-state index in [4.69, 9.17) is 9.84 Å². The van der Waals surface area contributed by atoms with Crippen molar-refractivity contribution >= 4 is 11.9 Å². The zero-order valence-electron chi connectivity index (χ0n) is 13.8. The summed E-state index contributed by atoms with van der Waals surface area (Å²) in [6.45, 7) is 3.59. The molecular weight excluding hydrogens is 306 g/mol. The van der Waals surface area contributed by atoms with E-state index in [-0.39, 0.29) is 11.9 Å². The van der Waals surface area contributed by atoms with E-state index in [9.17, 15) is 9.59 Å². The van der Waals surface area contributed by atoms with Gasteiger partial charge >= 0.3 is 5.97 Å². The predicted octanol–water partition coefficient (Wildman–Crippen LogP) is 3.34. The highest BCUT2D eigenvalue weighted by molar-refractivity contribution is 5.94. The summed E-state index contributed by atoms with van der Waals surface area (Å²) < 4.78 is 5.11. The van der Waals surface area contributed by atoms with E-state index < -0.39 is 12.6 Å². The first-order chi connectivity index (χ1) is 11.5. The number of aryl methyl sites for hydroxylation is 1. The maximum absolute atomic E-state index is 12.5. The summed E-state index contributed by atoms with van der Waals surface area (Å²) in [4.78, 5) is 23.0. The van der Waals surface area contributed by atoms with Crippen LogP contribution in [0.4, 0.5) is 0 Å². The molecule has 0 aliphatic heterocycles. The number of amides is 1. The lowest BCUT2D eigenvalue weighted by molar-refractivity contribution is -0.139. The molecule has 1 atom stereocenters. The number of carboxylic acids is 1. The molecule has 0 heterocycles. The van der Waals surface area contributed by atoms with Crippen molar-refractivity contribution in [1.29, 1.82) is 0 Å². The zero-order valence-corrected chi connectivity index (χ0v) is 13.8. The second-order valence-electron chi connectivity index (χ2n) is 5.56. The second kappa shape index (κ2) is 8.15. The Morgan fingerprint density at radius 3 is 2.50 bits per heavy atom. The second-order valence-corrected chi connectivity index (χ2v) is 5.56. The van der Waals surface area contributed by atoms with Crippen molar-refractivity contribution in [3.8, 4) is 5.75 Å². The number of nitrogens with one attached hydrogen (secondary N) is 1. The molecule has 24 heavy (non-hydrogen) atoms. The molecule has 5 nitrogen and oxygen atoms in total. The van der Waals surface area contributed by atoms with Crippen molar-refractivity contribution in [3.63, 3.8) is 0 Å². The fourth-order valence-corrected chi connectivity index (χ4v) is 2.33. The highest BCUT2D eigenvalue weighted by Crippen LogP contribution is 2.19. The number of rotatable bonds is 7. The number of ether oxygens (including phenoxy) is 1. The van der Waals surface area contributed by atoms with E-state index >= 15 is 0 Å². The molecule has 0 bridgehead atoms. The quantitative estimate of drug-likeness (QED) is 0.818. The summed E-state index contributed by atoms with van der Waals surface area (Å²) in [6.07, 6.45) is 0.768. The molecule has 0 aliphatic carbocycles. The number of aliphatic carboxylic acids is 1. The van der Waals surface area contributed by atoms with Crippen molar-refractivity contribution in [2.45, 2.75) is 26.3 Å². The predicted molar refractivity (Wildman–Crippen MR) is 91.3 cm³/mol. The Labute approximate surface area is 141 Å². The van der Waals surface area contributed by atoms with Crippen molar-refractivity contribution in [3.05, 3.63) is 65.2 Å². The van der Waals surface area contributed by atoms with Crippen LogP contribution in [0.5, 0.6) is 5.75 Å². The highest BCUT2D eigenvalue weighted by atomic mass is 16.5. The van der Waals surface area contributed by atoms with E-state index in [0.29, 0.717) is 11.3 Å². The number of benzene rings is 2. The number of carbonyl (C=O) groups excluding carboxylic acids is 1. The molecule has 0 saturated heterocycles. The van der Waals surface area contributed by atoms with Crippen molar-refractivity contribution in [2.75, 3.05) is 6.61 Å². The molecule has 1 unspecified atom stereocenters. The largest absolute Gasteiger partial charge is 0.482 e. The molecule has 2 aromatic rings. The molecular formula is C19H21NO4. The monoisotopic (exact) mass is 327 g/mol. The van der Waals surface area contributed by atoms with Crippen LogP contribution >= 0.6 is 0 Å². The van der Waals surface area contributed by atoms with Crippen molar-refractivity contribution in [2.24, 2.45) is 0 Å². The lowest BCUT2D eigenvalue weighted by Gasteiger charge is -2.18. The van der Waals surface area contributed by atoms with Crippen LogP contribution in [0, 0.1) is 6.92 Å². The van der Waals surface area contributed by atoms with Gasteiger partial charge in [-0.3, -0.25) is 4.79 Å². The molecule has 126 valence electrons. The lowest BCUT2D eigenvalue weighted by atomic mass is 10.0. The normalized spacial score (nSPS) is 11.6. The summed E-state index contributed by atoms with van der Waals surface area (Å²) >= 11 is 0. The van der Waals surface area contributed by atoms with Gasteiger partial charge < -0.3 is 15.2 Å². The van der Waals surface area contributed by atoms with Gasteiger partial charge in [-0.2, -0.15) is 0 Å². The fourth-order valence-electron chi connectivity index (χ4n) is 2.33. The maximum atomic E-state index is 12.5. The van der Waals surface area contributed by atoms with Gasteiger partial charge in [0.2, 0.25) is 0 Å². The Morgan fingerprint density at radius 1 is 1.17 bits per heavy atom. The number of carboxylic acid groups (broad SMARTS) is 1. The van der Waals surface area contributed by atoms with Gasteiger partial charge in [-0.15, -0.1) is 0 Å². The third-order valence-electron chi connectivity index (χ3n) is 3.65. The molecule has 0 fully saturated rings. The maximum Gasteiger partial charge on any atom is 0.341 e. The van der Waals surface area contributed by atoms with E-state index in [1.165, 1.54) is 5.56 Å². The smallest absolute Gasteiger partial charge is 0.341 e. The summed E-state index contributed by atoms with van der Waals surface area (Å²) in [5, 5.41) is 11.6. The van der Waals surface area contributed by atoms with Gasteiger partial charge in [0.15, 0.2) is 6.61 Å². The minimum Gasteiger partial charge on any atom is -0.482 e. The summed E-state index contributed by atoms with van der Waals surface area (Å²) in [5.41, 5.74) is 2.65. The first-order valence-electron chi connectivity index (χ1n) is 7.81. The minimum absolute atomic E-state index is 0.0818. The average Bonchev–Trinajstić information content (AvgIpc) is 2.59. The van der Waals surface area contributed by atoms with E-state index in [2.05, 4.69) is 5.32 Å². The van der Waals surface area contributed by atoms with Crippen molar-refractivity contribution in [1.82, 2.24) is 5.32 Å². The Morgan fingerprint density at radius 2 is 1.88 bits per heavy atom. The van der Waals surface area contributed by atoms with Gasteiger partial charge in [0.05, 0.1) is 6.04 Å². The van der Waals surface area contributed by atoms with Gasteiger partial charge in [-0.1, -0.05) is 42.8 Å². The molecule has 0 spiro atoms. The third kappa shape index (κ3) is 4.84. The summed E-state index contributed by atoms with van der Waals surface area (Å²) in [6, 6.07) is 14.5. The molecule has 0 aliphatic rings. The first kappa shape index (κ1) is 17.5. The minimum atomic E-state index is -1.06. The topological polar surface area (TPSA) is 75.6 Å². The lowest BCUT2D eigenvalue weighted by Crippen LogP contribution is -2.28. The molecule has 2 N–H and O–H groups in total. The molecule has 2 rings (SSSR count). The molecule has 5 heteroatoms. The number of hydrogen-bond donors (Lipinski definition) is 2. The van der Waals surface area contributed by atoms with Crippen LogP contribution in [0.25, 0.3) is 0 Å². The van der Waals surface area contributed by atoms with E-state index in [1.54, 1.807) is 24.3 Å².